The van der Waals surface area contributed by atoms with Crippen LogP contribution in [0.2, 0.25) is 0 Å². The lowest BCUT2D eigenvalue weighted by Crippen LogP contribution is -2.50. The van der Waals surface area contributed by atoms with Crippen molar-refractivity contribution in [3.63, 3.8) is 0 Å². The number of hydrogen-bond acceptors (Lipinski definition) is 11. The number of carbonyl (C=O) groups excluding carboxylic acids is 1. The Hall–Kier alpha value is -4.38. The maximum absolute atomic E-state index is 14.7. The summed E-state index contributed by atoms with van der Waals surface area (Å²) in [6.45, 7) is 5.06. The van der Waals surface area contributed by atoms with Crippen molar-refractivity contribution >= 4 is 23.2 Å². The molecule has 2 saturated heterocycles. The second-order valence-electron chi connectivity index (χ2n) is 10.4. The first-order valence-corrected chi connectivity index (χ1v) is 14.2. The Morgan fingerprint density at radius 2 is 1.93 bits per heavy atom. The smallest absolute Gasteiger partial charge is 0.248 e. The summed E-state index contributed by atoms with van der Waals surface area (Å²) in [7, 11) is 1.73. The number of amides is 1. The number of alkyl halides is 1. The summed E-state index contributed by atoms with van der Waals surface area (Å²) in [4.78, 5) is 30.8. The fourth-order valence-corrected chi connectivity index (χ4v) is 5.20. The number of aliphatic hydroxyl groups excluding tert-OH is 1. The summed E-state index contributed by atoms with van der Waals surface area (Å²) in [5.41, 5.74) is 2.77. The minimum Gasteiger partial charge on any atom is -0.486 e. The maximum Gasteiger partial charge on any atom is 0.248 e. The lowest BCUT2D eigenvalue weighted by molar-refractivity contribution is -0.138. The standard InChI is InChI=1S/C30H35FN8O4/c1-42-15-14-37-10-12-38(13-11-37)24-5-3-23(4-6-24)35-30-34-20-33-29(36-30)21-2-7-26(22(16-21)17-32)43-27-8-9-39(18-25(27)31)28(41)19-40/h2-7,16,20,25,27,40H,8-15,18-19H2,1H3,(H,33,34,35,36). The van der Waals surface area contributed by atoms with Gasteiger partial charge in [0.05, 0.1) is 18.7 Å². The van der Waals surface area contributed by atoms with Gasteiger partial charge in [0.15, 0.2) is 12.0 Å². The number of piperazine rings is 1. The van der Waals surface area contributed by atoms with E-state index in [1.807, 2.05) is 12.1 Å². The second kappa shape index (κ2) is 14.2. The molecule has 1 aromatic heterocycles. The van der Waals surface area contributed by atoms with E-state index in [4.69, 9.17) is 14.6 Å². The Balaban J connectivity index is 1.20. The van der Waals surface area contributed by atoms with E-state index in [1.54, 1.807) is 25.3 Å². The van der Waals surface area contributed by atoms with Crippen molar-refractivity contribution in [1.82, 2.24) is 24.8 Å². The van der Waals surface area contributed by atoms with Crippen LogP contribution in [0.3, 0.4) is 0 Å². The normalized spacial score (nSPS) is 19.1. The Bertz CT molecular complexity index is 1430. The Morgan fingerprint density at radius 1 is 1.14 bits per heavy atom. The van der Waals surface area contributed by atoms with Crippen LogP contribution >= 0.6 is 0 Å². The topological polar surface area (TPSA) is 140 Å². The van der Waals surface area contributed by atoms with Crippen molar-refractivity contribution in [3.05, 3.63) is 54.4 Å². The van der Waals surface area contributed by atoms with Crippen LogP contribution in [-0.4, -0.2) is 114 Å². The number of hydrogen-bond donors (Lipinski definition) is 2. The molecular formula is C30H35FN8O4. The number of aromatic nitrogens is 3. The number of nitriles is 1. The first kappa shape index (κ1) is 30.1. The number of ether oxygens (including phenoxy) is 2. The van der Waals surface area contributed by atoms with Gasteiger partial charge in [-0.2, -0.15) is 10.2 Å². The van der Waals surface area contributed by atoms with Crippen molar-refractivity contribution < 1.29 is 23.8 Å². The zero-order chi connectivity index (χ0) is 30.2. The average molecular weight is 591 g/mol. The molecule has 2 aromatic carbocycles. The van der Waals surface area contributed by atoms with E-state index in [1.165, 1.54) is 11.2 Å². The molecule has 3 aromatic rings. The van der Waals surface area contributed by atoms with Crippen LogP contribution in [-0.2, 0) is 9.53 Å². The summed E-state index contributed by atoms with van der Waals surface area (Å²) in [6.07, 6.45) is -0.619. The molecule has 2 atom stereocenters. The molecule has 3 heterocycles. The molecule has 12 nitrogen and oxygen atoms in total. The van der Waals surface area contributed by atoms with Crippen LogP contribution in [0.4, 0.5) is 21.7 Å². The van der Waals surface area contributed by atoms with Gasteiger partial charge in [-0.05, 0) is 42.5 Å². The highest BCUT2D eigenvalue weighted by Gasteiger charge is 2.33. The summed E-state index contributed by atoms with van der Waals surface area (Å²) in [5, 5.41) is 22.0. The summed E-state index contributed by atoms with van der Waals surface area (Å²) >= 11 is 0. The number of nitrogens with zero attached hydrogens (tertiary/aromatic N) is 7. The minimum absolute atomic E-state index is 0.167. The molecule has 0 spiro atoms. The molecule has 2 unspecified atom stereocenters. The van der Waals surface area contributed by atoms with Gasteiger partial charge in [0.25, 0.3) is 0 Å². The molecule has 2 aliphatic heterocycles. The van der Waals surface area contributed by atoms with Crippen molar-refractivity contribution in [2.75, 3.05) is 76.4 Å². The number of benzene rings is 2. The number of piperidine rings is 1. The highest BCUT2D eigenvalue weighted by atomic mass is 19.1. The van der Waals surface area contributed by atoms with Crippen LogP contribution in [0, 0.1) is 11.3 Å². The number of nitrogens with one attached hydrogen (secondary N) is 1. The van der Waals surface area contributed by atoms with E-state index < -0.39 is 24.8 Å². The van der Waals surface area contributed by atoms with Crippen molar-refractivity contribution in [2.24, 2.45) is 0 Å². The molecule has 0 bridgehead atoms. The molecule has 226 valence electrons. The van der Waals surface area contributed by atoms with Gasteiger partial charge in [-0.25, -0.2) is 14.4 Å². The van der Waals surface area contributed by atoms with Crippen molar-refractivity contribution in [3.8, 4) is 23.2 Å². The van der Waals surface area contributed by atoms with Gasteiger partial charge in [-0.3, -0.25) is 9.69 Å². The summed E-state index contributed by atoms with van der Waals surface area (Å²) in [6, 6.07) is 15.1. The Kier molecular flexibility index (Phi) is 9.93. The molecule has 5 rings (SSSR count). The van der Waals surface area contributed by atoms with Crippen LogP contribution < -0.4 is 15.0 Å². The zero-order valence-electron chi connectivity index (χ0n) is 24.0. The monoisotopic (exact) mass is 590 g/mol. The third-order valence-corrected chi connectivity index (χ3v) is 7.65. The molecular weight excluding hydrogens is 555 g/mol. The largest absolute Gasteiger partial charge is 0.486 e. The van der Waals surface area contributed by atoms with E-state index >= 15 is 0 Å². The average Bonchev–Trinajstić information content (AvgIpc) is 3.05. The number of methoxy groups -OCH3 is 1. The van der Waals surface area contributed by atoms with E-state index in [0.29, 0.717) is 17.3 Å². The van der Waals surface area contributed by atoms with Crippen molar-refractivity contribution in [2.45, 2.75) is 18.7 Å². The van der Waals surface area contributed by atoms with Gasteiger partial charge in [-0.1, -0.05) is 0 Å². The fraction of sp³-hybridized carbons (Fsp3) is 0.433. The molecule has 2 fully saturated rings. The SMILES string of the molecule is COCCN1CCN(c2ccc(Nc3ncnc(-c4ccc(OC5CCN(C(=O)CO)CC5F)c(C#N)c4)n3)cc2)CC1. The van der Waals surface area contributed by atoms with Gasteiger partial charge >= 0.3 is 0 Å². The van der Waals surface area contributed by atoms with E-state index in [9.17, 15) is 14.4 Å². The first-order chi connectivity index (χ1) is 21.0. The maximum atomic E-state index is 14.7. The summed E-state index contributed by atoms with van der Waals surface area (Å²) in [5.74, 6) is 0.440. The van der Waals surface area contributed by atoms with E-state index in [2.05, 4.69) is 48.3 Å². The third-order valence-electron chi connectivity index (χ3n) is 7.65. The molecule has 0 saturated carbocycles. The quantitative estimate of drug-likeness (QED) is 0.359. The fourth-order valence-electron chi connectivity index (χ4n) is 5.20. The number of likely N-dealkylation sites (tertiary alicyclic amines) is 1. The lowest BCUT2D eigenvalue weighted by atomic mass is 10.0. The zero-order valence-corrected chi connectivity index (χ0v) is 24.0. The number of anilines is 3. The third kappa shape index (κ3) is 7.53. The van der Waals surface area contributed by atoms with Crippen LogP contribution in [0.5, 0.6) is 5.75 Å². The molecule has 2 N–H and O–H groups in total. The van der Waals surface area contributed by atoms with Gasteiger partial charge in [0, 0.05) is 69.7 Å². The number of halogens is 1. The molecule has 2 aliphatic rings. The first-order valence-electron chi connectivity index (χ1n) is 14.2. The highest BCUT2D eigenvalue weighted by Crippen LogP contribution is 2.29. The minimum atomic E-state index is -1.45. The predicted molar refractivity (Wildman–Crippen MR) is 158 cm³/mol. The molecule has 0 aliphatic carbocycles. The van der Waals surface area contributed by atoms with E-state index in [-0.39, 0.29) is 30.8 Å². The Labute approximate surface area is 249 Å². The highest BCUT2D eigenvalue weighted by molar-refractivity contribution is 5.77. The molecule has 0 radical (unpaired) electrons. The number of rotatable bonds is 10. The van der Waals surface area contributed by atoms with Crippen LogP contribution in [0.15, 0.2) is 48.8 Å². The lowest BCUT2D eigenvalue weighted by Gasteiger charge is -2.36. The summed E-state index contributed by atoms with van der Waals surface area (Å²) < 4.78 is 25.8. The predicted octanol–water partition coefficient (Wildman–Crippen LogP) is 2.23. The van der Waals surface area contributed by atoms with Gasteiger partial charge in [-0.15, -0.1) is 0 Å². The van der Waals surface area contributed by atoms with Crippen molar-refractivity contribution in [1.29, 1.82) is 5.26 Å². The molecule has 1 amide bonds. The van der Waals surface area contributed by atoms with Gasteiger partial charge < -0.3 is 29.7 Å². The van der Waals surface area contributed by atoms with Crippen LogP contribution in [0.25, 0.3) is 11.4 Å². The van der Waals surface area contributed by atoms with Gasteiger partial charge in [0.2, 0.25) is 11.9 Å². The molecule has 13 heteroatoms. The van der Waals surface area contributed by atoms with Gasteiger partial charge in [0.1, 0.15) is 30.9 Å². The number of aliphatic hydroxyl groups is 1. The van der Waals surface area contributed by atoms with Crippen LogP contribution in [0.1, 0.15) is 12.0 Å². The molecule has 43 heavy (non-hydrogen) atoms. The Morgan fingerprint density at radius 3 is 2.63 bits per heavy atom. The second-order valence-corrected chi connectivity index (χ2v) is 10.4. The number of carbonyl (C=O) groups is 1. The van der Waals surface area contributed by atoms with E-state index in [0.717, 1.165) is 50.7 Å².